The van der Waals surface area contributed by atoms with Crippen LogP contribution in [-0.4, -0.2) is 41.7 Å². The van der Waals surface area contributed by atoms with Crippen LogP contribution in [0.25, 0.3) is 0 Å². The number of amides is 1. The minimum absolute atomic E-state index is 0.0234. The number of methoxy groups -OCH3 is 2. The predicted octanol–water partition coefficient (Wildman–Crippen LogP) is 2.57. The summed E-state index contributed by atoms with van der Waals surface area (Å²) in [6, 6.07) is 12.8. The summed E-state index contributed by atoms with van der Waals surface area (Å²) in [5.41, 5.74) is 1.64. The van der Waals surface area contributed by atoms with E-state index in [9.17, 15) is 13.2 Å². The third kappa shape index (κ3) is 7.16. The van der Waals surface area contributed by atoms with Crippen LogP contribution in [0.4, 0.5) is 0 Å². The molecular weight excluding hydrogens is 392 g/mol. The van der Waals surface area contributed by atoms with Gasteiger partial charge in [0.2, 0.25) is 15.9 Å². The number of carbonyl (C=O) groups excluding carboxylic acids is 1. The molecule has 0 fully saturated rings. The highest BCUT2D eigenvalue weighted by atomic mass is 32.2. The summed E-state index contributed by atoms with van der Waals surface area (Å²) >= 11 is 0. The Bertz CT molecular complexity index is 880. The van der Waals surface area contributed by atoms with Gasteiger partial charge in [-0.05, 0) is 43.2 Å². The summed E-state index contributed by atoms with van der Waals surface area (Å²) in [5, 5.41) is 2.79. The lowest BCUT2D eigenvalue weighted by molar-refractivity contribution is -0.121. The predicted molar refractivity (Wildman–Crippen MR) is 111 cm³/mol. The average molecular weight is 421 g/mol. The SMILES string of the molecule is COCCCNC(=O)C[C@H](NS(=O)(=O)c1ccc(C)cc1)c1ccc(OC)cc1. The van der Waals surface area contributed by atoms with Gasteiger partial charge in [-0.15, -0.1) is 0 Å². The van der Waals surface area contributed by atoms with Crippen LogP contribution < -0.4 is 14.8 Å². The molecule has 1 amide bonds. The minimum atomic E-state index is -3.80. The second-order valence-corrected chi connectivity index (χ2v) is 8.37. The summed E-state index contributed by atoms with van der Waals surface area (Å²) in [4.78, 5) is 12.5. The van der Waals surface area contributed by atoms with Crippen LogP contribution in [0.2, 0.25) is 0 Å². The van der Waals surface area contributed by atoms with Gasteiger partial charge in [-0.3, -0.25) is 4.79 Å². The quantitative estimate of drug-likeness (QED) is 0.545. The standard InChI is InChI=1S/C21H28N2O5S/c1-16-5-11-19(12-6-16)29(25,26)23-20(15-21(24)22-13-4-14-27-2)17-7-9-18(28-3)10-8-17/h5-12,20,23H,4,13-15H2,1-3H3,(H,22,24)/t20-/m0/s1. The van der Waals surface area contributed by atoms with E-state index in [2.05, 4.69) is 10.0 Å². The van der Waals surface area contributed by atoms with Crippen molar-refractivity contribution in [2.24, 2.45) is 0 Å². The zero-order chi connectivity index (χ0) is 21.3. The molecule has 0 radical (unpaired) electrons. The first kappa shape index (κ1) is 22.9. The van der Waals surface area contributed by atoms with Crippen molar-refractivity contribution in [2.45, 2.75) is 30.7 Å². The number of hydrogen-bond acceptors (Lipinski definition) is 5. The van der Waals surface area contributed by atoms with Crippen LogP contribution in [-0.2, 0) is 19.6 Å². The molecule has 0 saturated carbocycles. The first-order valence-electron chi connectivity index (χ1n) is 9.34. The van der Waals surface area contributed by atoms with Crippen LogP contribution in [0.15, 0.2) is 53.4 Å². The smallest absolute Gasteiger partial charge is 0.241 e. The molecule has 0 unspecified atom stereocenters. The fourth-order valence-corrected chi connectivity index (χ4v) is 3.96. The Morgan fingerprint density at radius 1 is 1.03 bits per heavy atom. The highest BCUT2D eigenvalue weighted by Gasteiger charge is 2.23. The van der Waals surface area contributed by atoms with E-state index in [4.69, 9.17) is 9.47 Å². The third-order valence-electron chi connectivity index (χ3n) is 4.38. The van der Waals surface area contributed by atoms with Gasteiger partial charge < -0.3 is 14.8 Å². The van der Waals surface area contributed by atoms with Crippen molar-refractivity contribution < 1.29 is 22.7 Å². The fourth-order valence-electron chi connectivity index (χ4n) is 2.74. The van der Waals surface area contributed by atoms with Crippen LogP contribution in [0.3, 0.4) is 0 Å². The number of sulfonamides is 1. The maximum Gasteiger partial charge on any atom is 0.241 e. The summed E-state index contributed by atoms with van der Waals surface area (Å²) < 4.78 is 38.5. The van der Waals surface area contributed by atoms with Crippen molar-refractivity contribution in [3.05, 3.63) is 59.7 Å². The van der Waals surface area contributed by atoms with Gasteiger partial charge in [0.15, 0.2) is 0 Å². The highest BCUT2D eigenvalue weighted by molar-refractivity contribution is 7.89. The number of rotatable bonds is 11. The van der Waals surface area contributed by atoms with Gasteiger partial charge in [0.25, 0.3) is 0 Å². The van der Waals surface area contributed by atoms with Crippen molar-refractivity contribution in [3.63, 3.8) is 0 Å². The molecule has 2 aromatic carbocycles. The number of hydrogen-bond donors (Lipinski definition) is 2. The van der Waals surface area contributed by atoms with Crippen molar-refractivity contribution in [2.75, 3.05) is 27.4 Å². The van der Waals surface area contributed by atoms with E-state index in [0.717, 1.165) is 5.56 Å². The zero-order valence-electron chi connectivity index (χ0n) is 17.0. The molecule has 0 heterocycles. The molecule has 1 atom stereocenters. The first-order chi connectivity index (χ1) is 13.9. The van der Waals surface area contributed by atoms with Crippen molar-refractivity contribution in [1.82, 2.24) is 10.0 Å². The van der Waals surface area contributed by atoms with Crippen LogP contribution in [0.1, 0.15) is 30.0 Å². The van der Waals surface area contributed by atoms with Gasteiger partial charge in [0.05, 0.1) is 18.0 Å². The molecule has 0 aliphatic rings. The van der Waals surface area contributed by atoms with E-state index in [0.29, 0.717) is 30.9 Å². The zero-order valence-corrected chi connectivity index (χ0v) is 17.8. The number of aryl methyl sites for hydroxylation is 1. The van der Waals surface area contributed by atoms with E-state index in [1.807, 2.05) is 6.92 Å². The fraction of sp³-hybridized carbons (Fsp3) is 0.381. The molecule has 8 heteroatoms. The Morgan fingerprint density at radius 3 is 2.28 bits per heavy atom. The number of ether oxygens (including phenoxy) is 2. The molecule has 2 aromatic rings. The highest BCUT2D eigenvalue weighted by Crippen LogP contribution is 2.23. The Kier molecular flexibility index (Phi) is 8.63. The summed E-state index contributed by atoms with van der Waals surface area (Å²) in [6.45, 7) is 2.90. The van der Waals surface area contributed by atoms with E-state index in [1.54, 1.807) is 62.8 Å². The van der Waals surface area contributed by atoms with Crippen LogP contribution in [0.5, 0.6) is 5.75 Å². The summed E-state index contributed by atoms with van der Waals surface area (Å²) in [6.07, 6.45) is 0.662. The molecular formula is C21H28N2O5S. The molecule has 0 bridgehead atoms. The monoisotopic (exact) mass is 420 g/mol. The van der Waals surface area contributed by atoms with Crippen LogP contribution >= 0.6 is 0 Å². The van der Waals surface area contributed by atoms with Crippen molar-refractivity contribution in [3.8, 4) is 5.75 Å². The summed E-state index contributed by atoms with van der Waals surface area (Å²) in [5.74, 6) is 0.409. The lowest BCUT2D eigenvalue weighted by Gasteiger charge is -2.19. The Labute approximate surface area is 172 Å². The summed E-state index contributed by atoms with van der Waals surface area (Å²) in [7, 11) is -0.642. The maximum absolute atomic E-state index is 12.8. The van der Waals surface area contributed by atoms with Gasteiger partial charge >= 0.3 is 0 Å². The third-order valence-corrected chi connectivity index (χ3v) is 5.87. The molecule has 2 N–H and O–H groups in total. The van der Waals surface area contributed by atoms with Gasteiger partial charge in [0.1, 0.15) is 5.75 Å². The largest absolute Gasteiger partial charge is 0.497 e. The molecule has 0 aliphatic heterocycles. The van der Waals surface area contributed by atoms with Crippen molar-refractivity contribution >= 4 is 15.9 Å². The van der Waals surface area contributed by atoms with E-state index < -0.39 is 16.1 Å². The topological polar surface area (TPSA) is 93.7 Å². The number of nitrogens with one attached hydrogen (secondary N) is 2. The second kappa shape index (κ2) is 10.9. The average Bonchev–Trinajstić information content (AvgIpc) is 2.71. The van der Waals surface area contributed by atoms with Gasteiger partial charge in [0, 0.05) is 26.7 Å². The molecule has 2 rings (SSSR count). The Hall–Kier alpha value is -2.42. The molecule has 0 aliphatic carbocycles. The van der Waals surface area contributed by atoms with Gasteiger partial charge in [-0.25, -0.2) is 13.1 Å². The lowest BCUT2D eigenvalue weighted by Crippen LogP contribution is -2.34. The molecule has 29 heavy (non-hydrogen) atoms. The molecule has 0 spiro atoms. The van der Waals surface area contributed by atoms with Gasteiger partial charge in [-0.1, -0.05) is 29.8 Å². The number of benzene rings is 2. The van der Waals surface area contributed by atoms with Crippen molar-refractivity contribution in [1.29, 1.82) is 0 Å². The second-order valence-electron chi connectivity index (χ2n) is 6.66. The lowest BCUT2D eigenvalue weighted by atomic mass is 10.0. The Balaban J connectivity index is 2.19. The maximum atomic E-state index is 12.8. The first-order valence-corrected chi connectivity index (χ1v) is 10.8. The molecule has 0 saturated heterocycles. The van der Waals surface area contributed by atoms with E-state index in [-0.39, 0.29) is 17.2 Å². The molecule has 7 nitrogen and oxygen atoms in total. The van der Waals surface area contributed by atoms with Gasteiger partial charge in [-0.2, -0.15) is 0 Å². The Morgan fingerprint density at radius 2 is 1.69 bits per heavy atom. The normalized spacial score (nSPS) is 12.4. The molecule has 158 valence electrons. The van der Waals surface area contributed by atoms with E-state index in [1.165, 1.54) is 0 Å². The number of carbonyl (C=O) groups is 1. The van der Waals surface area contributed by atoms with Crippen LogP contribution in [0, 0.1) is 6.92 Å². The minimum Gasteiger partial charge on any atom is -0.497 e. The molecule has 0 aromatic heterocycles. The van der Waals surface area contributed by atoms with E-state index >= 15 is 0 Å².